The van der Waals surface area contributed by atoms with Gasteiger partial charge in [-0.1, -0.05) is 30.3 Å². The monoisotopic (exact) mass is 312 g/mol. The van der Waals surface area contributed by atoms with Crippen molar-refractivity contribution in [3.05, 3.63) is 35.9 Å². The first-order valence-corrected chi connectivity index (χ1v) is 8.81. The summed E-state index contributed by atoms with van der Waals surface area (Å²) in [5, 5.41) is 0. The van der Waals surface area contributed by atoms with Crippen molar-refractivity contribution >= 4 is 11.8 Å². The van der Waals surface area contributed by atoms with E-state index in [0.717, 1.165) is 44.2 Å². The summed E-state index contributed by atoms with van der Waals surface area (Å²) >= 11 is 0. The number of hydrogen-bond acceptors (Lipinski definition) is 2. The Labute approximate surface area is 137 Å². The molecule has 4 rings (SSSR count). The SMILES string of the molecule is O=C1CC2(CCCCN2C(=O)C2CC2)CN1Cc1ccccc1. The highest BCUT2D eigenvalue weighted by atomic mass is 16.2. The molecule has 2 heterocycles. The van der Waals surface area contributed by atoms with Gasteiger partial charge in [0.1, 0.15) is 0 Å². The Morgan fingerprint density at radius 1 is 1.17 bits per heavy atom. The first-order chi connectivity index (χ1) is 11.2. The summed E-state index contributed by atoms with van der Waals surface area (Å²) in [6.07, 6.45) is 5.76. The van der Waals surface area contributed by atoms with Crippen LogP contribution in [0.4, 0.5) is 0 Å². The Balaban J connectivity index is 1.53. The van der Waals surface area contributed by atoms with Crippen LogP contribution in [0.2, 0.25) is 0 Å². The topological polar surface area (TPSA) is 40.6 Å². The van der Waals surface area contributed by atoms with Crippen LogP contribution in [0.3, 0.4) is 0 Å². The molecule has 1 aliphatic carbocycles. The number of hydrogen-bond donors (Lipinski definition) is 0. The normalized spacial score (nSPS) is 27.7. The molecule has 3 aliphatic rings. The van der Waals surface area contributed by atoms with E-state index < -0.39 is 0 Å². The van der Waals surface area contributed by atoms with Crippen molar-refractivity contribution in [3.63, 3.8) is 0 Å². The minimum Gasteiger partial charge on any atom is -0.336 e. The molecule has 1 aromatic carbocycles. The summed E-state index contributed by atoms with van der Waals surface area (Å²) in [4.78, 5) is 29.3. The predicted octanol–water partition coefficient (Wildman–Crippen LogP) is 2.58. The minimum absolute atomic E-state index is 0.198. The van der Waals surface area contributed by atoms with E-state index in [-0.39, 0.29) is 17.4 Å². The van der Waals surface area contributed by atoms with Crippen molar-refractivity contribution in [2.75, 3.05) is 13.1 Å². The number of piperidine rings is 1. The molecule has 23 heavy (non-hydrogen) atoms. The molecule has 3 fully saturated rings. The summed E-state index contributed by atoms with van der Waals surface area (Å²) in [6, 6.07) is 10.1. The fraction of sp³-hybridized carbons (Fsp3) is 0.579. The van der Waals surface area contributed by atoms with Gasteiger partial charge in [0, 0.05) is 25.6 Å². The summed E-state index contributed by atoms with van der Waals surface area (Å²) in [7, 11) is 0. The fourth-order valence-corrected chi connectivity index (χ4v) is 4.18. The third-order valence-electron chi connectivity index (χ3n) is 5.57. The van der Waals surface area contributed by atoms with Gasteiger partial charge in [-0.2, -0.15) is 0 Å². The molecule has 2 aliphatic heterocycles. The van der Waals surface area contributed by atoms with Gasteiger partial charge in [-0.3, -0.25) is 9.59 Å². The molecule has 1 aromatic rings. The molecule has 122 valence electrons. The predicted molar refractivity (Wildman–Crippen MR) is 87.5 cm³/mol. The average Bonchev–Trinajstić information content (AvgIpc) is 3.36. The Morgan fingerprint density at radius 3 is 2.70 bits per heavy atom. The van der Waals surface area contributed by atoms with Gasteiger partial charge in [-0.25, -0.2) is 0 Å². The molecule has 0 bridgehead atoms. The molecule has 0 aromatic heterocycles. The van der Waals surface area contributed by atoms with Crippen molar-refractivity contribution in [1.29, 1.82) is 0 Å². The van der Waals surface area contributed by atoms with Crippen LogP contribution in [0.1, 0.15) is 44.1 Å². The highest BCUT2D eigenvalue weighted by Gasteiger charge is 2.51. The van der Waals surface area contributed by atoms with E-state index in [1.807, 2.05) is 23.1 Å². The third-order valence-corrected chi connectivity index (χ3v) is 5.57. The number of rotatable bonds is 3. The number of carbonyl (C=O) groups excluding carboxylic acids is 2. The molecule has 1 atom stereocenters. The Bertz CT molecular complexity index is 611. The molecule has 0 N–H and O–H groups in total. The Kier molecular flexibility index (Phi) is 3.63. The molecule has 0 radical (unpaired) electrons. The van der Waals surface area contributed by atoms with Gasteiger partial charge in [0.05, 0.1) is 12.0 Å². The molecular weight excluding hydrogens is 288 g/mol. The quantitative estimate of drug-likeness (QED) is 0.861. The number of carbonyl (C=O) groups is 2. The lowest BCUT2D eigenvalue weighted by Gasteiger charge is -2.44. The Hall–Kier alpha value is -1.84. The zero-order valence-corrected chi connectivity index (χ0v) is 13.5. The standard InChI is InChI=1S/C19H24N2O2/c22-17-12-19(14-20(17)13-15-6-2-1-3-7-15)10-4-5-11-21(19)18(23)16-8-9-16/h1-3,6-7,16H,4-5,8-14H2. The smallest absolute Gasteiger partial charge is 0.226 e. The van der Waals surface area contributed by atoms with Crippen molar-refractivity contribution < 1.29 is 9.59 Å². The van der Waals surface area contributed by atoms with Crippen molar-refractivity contribution in [2.24, 2.45) is 5.92 Å². The maximum Gasteiger partial charge on any atom is 0.226 e. The largest absolute Gasteiger partial charge is 0.336 e. The van der Waals surface area contributed by atoms with Gasteiger partial charge in [0.25, 0.3) is 0 Å². The molecule has 2 saturated heterocycles. The van der Waals surface area contributed by atoms with Gasteiger partial charge in [-0.05, 0) is 37.7 Å². The van der Waals surface area contributed by atoms with E-state index in [4.69, 9.17) is 0 Å². The summed E-state index contributed by atoms with van der Waals surface area (Å²) < 4.78 is 0. The molecule has 4 heteroatoms. The van der Waals surface area contributed by atoms with Crippen LogP contribution in [0.15, 0.2) is 30.3 Å². The maximum atomic E-state index is 12.7. The molecule has 1 saturated carbocycles. The zero-order chi connectivity index (χ0) is 15.9. The van der Waals surface area contributed by atoms with E-state index in [1.54, 1.807) is 0 Å². The second-order valence-electron chi connectivity index (χ2n) is 7.36. The average molecular weight is 312 g/mol. The molecule has 2 amide bonds. The third kappa shape index (κ3) is 2.75. The second kappa shape index (κ2) is 5.66. The van der Waals surface area contributed by atoms with Crippen LogP contribution in [0.5, 0.6) is 0 Å². The maximum absolute atomic E-state index is 12.7. The molecule has 1 unspecified atom stereocenters. The van der Waals surface area contributed by atoms with E-state index in [2.05, 4.69) is 17.0 Å². The highest BCUT2D eigenvalue weighted by molar-refractivity contribution is 5.86. The van der Waals surface area contributed by atoms with Crippen molar-refractivity contribution in [2.45, 2.75) is 50.6 Å². The molecule has 4 nitrogen and oxygen atoms in total. The van der Waals surface area contributed by atoms with Gasteiger partial charge in [0.15, 0.2) is 0 Å². The Morgan fingerprint density at radius 2 is 1.96 bits per heavy atom. The van der Waals surface area contributed by atoms with Gasteiger partial charge in [-0.15, -0.1) is 0 Å². The van der Waals surface area contributed by atoms with Crippen molar-refractivity contribution in [1.82, 2.24) is 9.80 Å². The summed E-state index contributed by atoms with van der Waals surface area (Å²) in [5.74, 6) is 0.742. The summed E-state index contributed by atoms with van der Waals surface area (Å²) in [5.41, 5.74) is 0.929. The van der Waals surface area contributed by atoms with Gasteiger partial charge in [0.2, 0.25) is 11.8 Å². The molecular formula is C19H24N2O2. The van der Waals surface area contributed by atoms with Crippen LogP contribution >= 0.6 is 0 Å². The number of likely N-dealkylation sites (tertiary alicyclic amines) is 2. The highest BCUT2D eigenvalue weighted by Crippen LogP contribution is 2.41. The lowest BCUT2D eigenvalue weighted by molar-refractivity contribution is -0.141. The van der Waals surface area contributed by atoms with Crippen LogP contribution in [-0.4, -0.2) is 40.2 Å². The minimum atomic E-state index is -0.232. The van der Waals surface area contributed by atoms with E-state index in [9.17, 15) is 9.59 Å². The van der Waals surface area contributed by atoms with Crippen LogP contribution < -0.4 is 0 Å². The van der Waals surface area contributed by atoms with Crippen LogP contribution in [0, 0.1) is 5.92 Å². The first-order valence-electron chi connectivity index (χ1n) is 8.81. The fourth-order valence-electron chi connectivity index (χ4n) is 4.18. The van der Waals surface area contributed by atoms with E-state index >= 15 is 0 Å². The van der Waals surface area contributed by atoms with Gasteiger partial charge >= 0.3 is 0 Å². The lowest BCUT2D eigenvalue weighted by Crippen LogP contribution is -2.56. The number of amides is 2. The zero-order valence-electron chi connectivity index (χ0n) is 13.5. The molecule has 1 spiro atoms. The number of benzene rings is 1. The van der Waals surface area contributed by atoms with Gasteiger partial charge < -0.3 is 9.80 Å². The second-order valence-corrected chi connectivity index (χ2v) is 7.36. The first kappa shape index (κ1) is 14.7. The van der Waals surface area contributed by atoms with E-state index in [1.165, 1.54) is 0 Å². The van der Waals surface area contributed by atoms with Crippen LogP contribution in [0.25, 0.3) is 0 Å². The van der Waals surface area contributed by atoms with Crippen LogP contribution in [-0.2, 0) is 16.1 Å². The van der Waals surface area contributed by atoms with E-state index in [0.29, 0.717) is 25.4 Å². The lowest BCUT2D eigenvalue weighted by atomic mass is 9.85. The number of nitrogens with zero attached hydrogens (tertiary/aromatic N) is 2. The van der Waals surface area contributed by atoms with Crippen molar-refractivity contribution in [3.8, 4) is 0 Å². The summed E-state index contributed by atoms with van der Waals surface area (Å²) in [6.45, 7) is 2.20.